The first kappa shape index (κ1) is 13.2. The highest BCUT2D eigenvalue weighted by molar-refractivity contribution is 6.31. The van der Waals surface area contributed by atoms with Crippen molar-refractivity contribution < 1.29 is 4.42 Å². The van der Waals surface area contributed by atoms with Crippen molar-refractivity contribution in [3.05, 3.63) is 64.6 Å². The van der Waals surface area contributed by atoms with Crippen LogP contribution in [0.4, 0.5) is 0 Å². The van der Waals surface area contributed by atoms with Crippen LogP contribution in [0.15, 0.2) is 47.0 Å². The first-order valence-electron chi connectivity index (χ1n) is 6.57. The first-order valence-corrected chi connectivity index (χ1v) is 6.95. The smallest absolute Gasteiger partial charge is 0.134 e. The molecule has 1 aromatic carbocycles. The lowest BCUT2D eigenvalue weighted by molar-refractivity contribution is 0.519. The maximum Gasteiger partial charge on any atom is 0.134 e. The number of benzene rings is 1. The molecular weight excluding hydrogens is 272 g/mol. The van der Waals surface area contributed by atoms with Gasteiger partial charge in [0, 0.05) is 16.6 Å². The van der Waals surface area contributed by atoms with Gasteiger partial charge in [-0.15, -0.1) is 0 Å². The molecule has 1 atom stereocenters. The van der Waals surface area contributed by atoms with Crippen LogP contribution in [-0.4, -0.2) is 4.98 Å². The van der Waals surface area contributed by atoms with Gasteiger partial charge in [0.05, 0.1) is 5.69 Å². The van der Waals surface area contributed by atoms with E-state index in [2.05, 4.69) is 11.9 Å². The fourth-order valence-corrected chi connectivity index (χ4v) is 2.53. The second kappa shape index (κ2) is 5.27. The molecule has 2 N–H and O–H groups in total. The van der Waals surface area contributed by atoms with E-state index in [0.717, 1.165) is 28.6 Å². The molecule has 102 valence electrons. The molecule has 2 heterocycles. The largest absolute Gasteiger partial charge is 0.459 e. The Labute approximate surface area is 122 Å². The van der Waals surface area contributed by atoms with E-state index in [1.165, 1.54) is 0 Å². The molecule has 0 aliphatic heterocycles. The zero-order valence-electron chi connectivity index (χ0n) is 11.1. The Bertz CT molecular complexity index is 751. The summed E-state index contributed by atoms with van der Waals surface area (Å²) in [5.41, 5.74) is 9.09. The summed E-state index contributed by atoms with van der Waals surface area (Å²) >= 11 is 5.99. The van der Waals surface area contributed by atoms with Crippen molar-refractivity contribution in [2.75, 3.05) is 0 Å². The Morgan fingerprint density at radius 3 is 2.95 bits per heavy atom. The highest BCUT2D eigenvalue weighted by Crippen LogP contribution is 2.29. The number of rotatable bonds is 3. The van der Waals surface area contributed by atoms with Crippen LogP contribution in [0.5, 0.6) is 0 Å². The van der Waals surface area contributed by atoms with Gasteiger partial charge in [-0.25, -0.2) is 0 Å². The molecule has 0 saturated carbocycles. The van der Waals surface area contributed by atoms with Crippen LogP contribution in [0, 0.1) is 0 Å². The van der Waals surface area contributed by atoms with E-state index in [4.69, 9.17) is 21.8 Å². The maximum absolute atomic E-state index is 6.31. The van der Waals surface area contributed by atoms with E-state index in [9.17, 15) is 0 Å². The lowest BCUT2D eigenvalue weighted by Gasteiger charge is -2.11. The van der Waals surface area contributed by atoms with Gasteiger partial charge in [-0.3, -0.25) is 4.98 Å². The number of nitrogens with zero attached hydrogens (tertiary/aromatic N) is 1. The number of nitrogens with two attached hydrogens (primary N) is 1. The molecule has 0 saturated heterocycles. The number of hydrogen-bond donors (Lipinski definition) is 1. The third-order valence-corrected chi connectivity index (χ3v) is 3.64. The predicted molar refractivity (Wildman–Crippen MR) is 80.9 cm³/mol. The minimum atomic E-state index is -0.364. The van der Waals surface area contributed by atoms with Crippen molar-refractivity contribution in [1.82, 2.24) is 4.98 Å². The standard InChI is InChI=1S/C16H15ClN2O/c1-2-10-4-3-7-19-16(10)15(18)14-9-11-8-12(17)5-6-13(11)20-14/h3-9,15H,2,18H2,1H3. The lowest BCUT2D eigenvalue weighted by atomic mass is 10.0. The number of halogens is 1. The summed E-state index contributed by atoms with van der Waals surface area (Å²) in [6.45, 7) is 2.09. The van der Waals surface area contributed by atoms with E-state index in [-0.39, 0.29) is 6.04 Å². The van der Waals surface area contributed by atoms with Crippen LogP contribution in [0.2, 0.25) is 5.02 Å². The molecule has 0 aliphatic carbocycles. The van der Waals surface area contributed by atoms with Gasteiger partial charge < -0.3 is 10.2 Å². The number of aromatic nitrogens is 1. The quantitative estimate of drug-likeness (QED) is 0.789. The summed E-state index contributed by atoms with van der Waals surface area (Å²) in [4.78, 5) is 4.40. The van der Waals surface area contributed by atoms with Gasteiger partial charge in [-0.1, -0.05) is 24.6 Å². The molecule has 1 unspecified atom stereocenters. The normalized spacial score (nSPS) is 12.8. The SMILES string of the molecule is CCc1cccnc1C(N)c1cc2cc(Cl)ccc2o1. The minimum Gasteiger partial charge on any atom is -0.459 e. The Balaban J connectivity index is 2.05. The molecule has 0 spiro atoms. The molecule has 3 nitrogen and oxygen atoms in total. The van der Waals surface area contributed by atoms with E-state index in [0.29, 0.717) is 10.8 Å². The van der Waals surface area contributed by atoms with Crippen molar-refractivity contribution in [3.8, 4) is 0 Å². The molecule has 3 rings (SSSR count). The Morgan fingerprint density at radius 1 is 1.30 bits per heavy atom. The van der Waals surface area contributed by atoms with Crippen LogP contribution in [0.25, 0.3) is 11.0 Å². The van der Waals surface area contributed by atoms with Crippen molar-refractivity contribution in [2.24, 2.45) is 5.73 Å². The van der Waals surface area contributed by atoms with E-state index < -0.39 is 0 Å². The highest BCUT2D eigenvalue weighted by Gasteiger charge is 2.18. The maximum atomic E-state index is 6.31. The molecule has 0 bridgehead atoms. The van der Waals surface area contributed by atoms with Gasteiger partial charge in [0.25, 0.3) is 0 Å². The monoisotopic (exact) mass is 286 g/mol. The minimum absolute atomic E-state index is 0.364. The van der Waals surface area contributed by atoms with E-state index >= 15 is 0 Å². The molecule has 0 amide bonds. The van der Waals surface area contributed by atoms with Crippen LogP contribution in [0.3, 0.4) is 0 Å². The predicted octanol–water partition coefficient (Wildman–Crippen LogP) is 4.09. The summed E-state index contributed by atoms with van der Waals surface area (Å²) in [7, 11) is 0. The van der Waals surface area contributed by atoms with Crippen molar-refractivity contribution in [2.45, 2.75) is 19.4 Å². The van der Waals surface area contributed by atoms with Gasteiger partial charge in [0.15, 0.2) is 0 Å². The van der Waals surface area contributed by atoms with E-state index in [1.807, 2.05) is 30.3 Å². The molecule has 0 aliphatic rings. The fraction of sp³-hybridized carbons (Fsp3) is 0.188. The van der Waals surface area contributed by atoms with Crippen LogP contribution >= 0.6 is 11.6 Å². The molecule has 0 radical (unpaired) electrons. The van der Waals surface area contributed by atoms with Crippen LogP contribution in [0.1, 0.15) is 30.0 Å². The molecular formula is C16H15ClN2O. The third kappa shape index (κ3) is 2.30. The number of fused-ring (bicyclic) bond motifs is 1. The van der Waals surface area contributed by atoms with Crippen LogP contribution in [-0.2, 0) is 6.42 Å². The van der Waals surface area contributed by atoms with E-state index in [1.54, 1.807) is 12.3 Å². The Kier molecular flexibility index (Phi) is 3.47. The van der Waals surface area contributed by atoms with Crippen molar-refractivity contribution in [3.63, 3.8) is 0 Å². The van der Waals surface area contributed by atoms with Crippen molar-refractivity contribution in [1.29, 1.82) is 0 Å². The van der Waals surface area contributed by atoms with Gasteiger partial charge in [0.2, 0.25) is 0 Å². The number of aryl methyl sites for hydroxylation is 1. The first-order chi connectivity index (χ1) is 9.69. The highest BCUT2D eigenvalue weighted by atomic mass is 35.5. The topological polar surface area (TPSA) is 52.0 Å². The average Bonchev–Trinajstić information content (AvgIpc) is 2.89. The van der Waals surface area contributed by atoms with Gasteiger partial charge in [-0.05, 0) is 42.3 Å². The zero-order chi connectivity index (χ0) is 14.1. The summed E-state index contributed by atoms with van der Waals surface area (Å²) in [6.07, 6.45) is 2.65. The number of pyridine rings is 1. The van der Waals surface area contributed by atoms with Gasteiger partial charge in [-0.2, -0.15) is 0 Å². The molecule has 2 aromatic heterocycles. The Morgan fingerprint density at radius 2 is 2.15 bits per heavy atom. The number of furan rings is 1. The molecule has 4 heteroatoms. The second-order valence-electron chi connectivity index (χ2n) is 4.71. The van der Waals surface area contributed by atoms with Crippen molar-refractivity contribution >= 4 is 22.6 Å². The summed E-state index contributed by atoms with van der Waals surface area (Å²) in [5, 5.41) is 1.64. The third-order valence-electron chi connectivity index (χ3n) is 3.41. The fourth-order valence-electron chi connectivity index (χ4n) is 2.35. The van der Waals surface area contributed by atoms with Gasteiger partial charge in [0.1, 0.15) is 17.4 Å². The van der Waals surface area contributed by atoms with Gasteiger partial charge >= 0.3 is 0 Å². The zero-order valence-corrected chi connectivity index (χ0v) is 11.9. The Hall–Kier alpha value is -1.84. The summed E-state index contributed by atoms with van der Waals surface area (Å²) in [5.74, 6) is 0.704. The summed E-state index contributed by atoms with van der Waals surface area (Å²) < 4.78 is 5.82. The molecule has 3 aromatic rings. The molecule has 0 fully saturated rings. The summed E-state index contributed by atoms with van der Waals surface area (Å²) in [6, 6.07) is 11.1. The molecule has 20 heavy (non-hydrogen) atoms. The van der Waals surface area contributed by atoms with Crippen LogP contribution < -0.4 is 5.73 Å². The lowest BCUT2D eigenvalue weighted by Crippen LogP contribution is -2.14. The average molecular weight is 287 g/mol. The number of hydrogen-bond acceptors (Lipinski definition) is 3. The second-order valence-corrected chi connectivity index (χ2v) is 5.15.